The minimum absolute atomic E-state index is 0.518. The number of nitrogens with zero attached hydrogens (tertiary/aromatic N) is 2. The second kappa shape index (κ2) is 8.51. The zero-order valence-electron chi connectivity index (χ0n) is 22.2. The number of ether oxygens (including phenoxy) is 1. The molecule has 0 aliphatic carbocycles. The second-order valence-electron chi connectivity index (χ2n) is 10.7. The van der Waals surface area contributed by atoms with Gasteiger partial charge in [0.1, 0.15) is 5.75 Å². The van der Waals surface area contributed by atoms with Gasteiger partial charge in [0, 0.05) is 32.9 Å². The van der Waals surface area contributed by atoms with Gasteiger partial charge in [0.05, 0.1) is 27.8 Å². The van der Waals surface area contributed by atoms with Crippen LogP contribution in [0, 0.1) is 0 Å². The van der Waals surface area contributed by atoms with Crippen molar-refractivity contribution >= 4 is 49.3 Å². The molecule has 9 rings (SSSR count). The van der Waals surface area contributed by atoms with Gasteiger partial charge in [0.25, 0.3) is 0 Å². The predicted octanol–water partition coefficient (Wildman–Crippen LogP) is 9.31. The van der Waals surface area contributed by atoms with E-state index >= 15 is 0 Å². The molecule has 1 aliphatic rings. The molecule has 6 aromatic carbocycles. The first kappa shape index (κ1) is 22.3. The molecule has 0 unspecified atom stereocenters. The zero-order chi connectivity index (χ0) is 26.9. The molecule has 0 fully saturated rings. The molecule has 2 aromatic heterocycles. The maximum Gasteiger partial charge on any atom is 0.159 e. The quantitative estimate of drug-likeness (QED) is 0.248. The summed E-state index contributed by atoms with van der Waals surface area (Å²) in [4.78, 5) is 0. The number of rotatable bonds is 3. The first-order valence-electron chi connectivity index (χ1n) is 14.0. The van der Waals surface area contributed by atoms with Crippen LogP contribution in [0.25, 0.3) is 66.1 Å². The Kier molecular flexibility index (Phi) is 4.64. The summed E-state index contributed by atoms with van der Waals surface area (Å²) in [6.07, 6.45) is 0. The van der Waals surface area contributed by atoms with Crippen LogP contribution in [-0.4, -0.2) is 15.9 Å². The molecule has 0 atom stereocenters. The van der Waals surface area contributed by atoms with Crippen LogP contribution in [-0.2, 0) is 0 Å². The largest absolute Gasteiger partial charge is 0.471 e. The molecule has 0 saturated carbocycles. The zero-order valence-corrected chi connectivity index (χ0v) is 22.2. The number of nitrogens with one attached hydrogen (secondary N) is 1. The molecule has 41 heavy (non-hydrogen) atoms. The number of benzene rings is 6. The topological polar surface area (TPSA) is 31.1 Å². The van der Waals surface area contributed by atoms with Gasteiger partial charge in [-0.25, -0.2) is 0 Å². The maximum atomic E-state index is 5.67. The van der Waals surface area contributed by atoms with Crippen molar-refractivity contribution in [1.29, 1.82) is 0 Å². The van der Waals surface area contributed by atoms with Crippen molar-refractivity contribution in [3.8, 4) is 28.3 Å². The number of aromatic nitrogens is 2. The highest BCUT2D eigenvalue weighted by atomic mass is 16.5. The highest BCUT2D eigenvalue weighted by molar-refractivity contribution is 6.12. The second-order valence-corrected chi connectivity index (χ2v) is 10.7. The Balaban J connectivity index is 1.25. The average Bonchev–Trinajstić information content (AvgIpc) is 3.73. The third-order valence-electron chi connectivity index (χ3n) is 8.40. The average molecular weight is 528 g/mol. The van der Waals surface area contributed by atoms with E-state index in [2.05, 4.69) is 148 Å². The molecule has 4 nitrogen and oxygen atoms in total. The first-order chi connectivity index (χ1) is 20.3. The summed E-state index contributed by atoms with van der Waals surface area (Å²) >= 11 is 0. The van der Waals surface area contributed by atoms with Crippen LogP contribution in [0.1, 0.15) is 0 Å². The van der Waals surface area contributed by atoms with E-state index in [-0.39, 0.29) is 0 Å². The standard InChI is InChI=1S/C37H25N3O/c1-2-8-26(9-3-1)39-33-12-6-4-10-28(33)30-20-24(14-17-35(30)39)25-15-18-36-31(21-25)29-11-5-7-13-34(29)40(36)27-16-19-37-32(22-27)38-23-41-37/h1-22,38H,23H2. The van der Waals surface area contributed by atoms with Crippen molar-refractivity contribution in [2.75, 3.05) is 12.0 Å². The molecule has 0 amide bonds. The molecule has 0 spiro atoms. The molecule has 0 saturated heterocycles. The van der Waals surface area contributed by atoms with Crippen molar-refractivity contribution < 1.29 is 4.74 Å². The van der Waals surface area contributed by atoms with Gasteiger partial charge in [0.15, 0.2) is 6.73 Å². The molecule has 194 valence electrons. The lowest BCUT2D eigenvalue weighted by atomic mass is 10.0. The number of para-hydroxylation sites is 3. The lowest BCUT2D eigenvalue weighted by Crippen LogP contribution is -1.97. The van der Waals surface area contributed by atoms with Crippen LogP contribution < -0.4 is 10.1 Å². The summed E-state index contributed by atoms with van der Waals surface area (Å²) in [5, 5.41) is 8.35. The summed E-state index contributed by atoms with van der Waals surface area (Å²) < 4.78 is 10.4. The highest BCUT2D eigenvalue weighted by Gasteiger charge is 2.17. The molecule has 8 aromatic rings. The van der Waals surface area contributed by atoms with Gasteiger partial charge in [0.2, 0.25) is 0 Å². The third-order valence-corrected chi connectivity index (χ3v) is 8.40. The summed E-state index contributed by atoms with van der Waals surface area (Å²) in [5.74, 6) is 0.904. The van der Waals surface area contributed by atoms with Gasteiger partial charge in [-0.1, -0.05) is 66.7 Å². The lowest BCUT2D eigenvalue weighted by Gasteiger charge is -2.10. The Morgan fingerprint density at radius 2 is 1.02 bits per heavy atom. The van der Waals surface area contributed by atoms with Crippen LogP contribution in [0.15, 0.2) is 133 Å². The fraction of sp³-hybridized carbons (Fsp3) is 0.0270. The van der Waals surface area contributed by atoms with Gasteiger partial charge in [-0.05, 0) is 77.9 Å². The van der Waals surface area contributed by atoms with Crippen molar-refractivity contribution in [2.45, 2.75) is 0 Å². The van der Waals surface area contributed by atoms with Crippen LogP contribution in [0.4, 0.5) is 5.69 Å². The van der Waals surface area contributed by atoms with E-state index in [1.165, 1.54) is 60.4 Å². The van der Waals surface area contributed by atoms with Gasteiger partial charge < -0.3 is 19.2 Å². The van der Waals surface area contributed by atoms with Crippen LogP contribution >= 0.6 is 0 Å². The number of fused-ring (bicyclic) bond motifs is 7. The van der Waals surface area contributed by atoms with Crippen molar-refractivity contribution in [1.82, 2.24) is 9.13 Å². The number of hydrogen-bond acceptors (Lipinski definition) is 2. The minimum atomic E-state index is 0.518. The van der Waals surface area contributed by atoms with Crippen molar-refractivity contribution in [3.63, 3.8) is 0 Å². The predicted molar refractivity (Wildman–Crippen MR) is 170 cm³/mol. The van der Waals surface area contributed by atoms with E-state index in [1.54, 1.807) is 0 Å². The van der Waals surface area contributed by atoms with Crippen LogP contribution in [0.2, 0.25) is 0 Å². The van der Waals surface area contributed by atoms with E-state index < -0.39 is 0 Å². The number of anilines is 1. The lowest BCUT2D eigenvalue weighted by molar-refractivity contribution is 0.372. The molecular weight excluding hydrogens is 502 g/mol. The Morgan fingerprint density at radius 3 is 1.68 bits per heavy atom. The minimum Gasteiger partial charge on any atom is -0.471 e. The Morgan fingerprint density at radius 1 is 0.463 bits per heavy atom. The van der Waals surface area contributed by atoms with E-state index in [9.17, 15) is 0 Å². The Hall–Kier alpha value is -5.48. The van der Waals surface area contributed by atoms with E-state index in [4.69, 9.17) is 4.74 Å². The summed E-state index contributed by atoms with van der Waals surface area (Å²) in [6, 6.07) is 48.1. The van der Waals surface area contributed by atoms with Gasteiger partial charge in [-0.3, -0.25) is 0 Å². The summed E-state index contributed by atoms with van der Waals surface area (Å²) in [5.41, 5.74) is 10.6. The Bertz CT molecular complexity index is 2290. The molecular formula is C37H25N3O. The molecule has 1 aliphatic heterocycles. The van der Waals surface area contributed by atoms with Crippen LogP contribution in [0.3, 0.4) is 0 Å². The van der Waals surface area contributed by atoms with Gasteiger partial charge in [-0.2, -0.15) is 0 Å². The fourth-order valence-corrected chi connectivity index (χ4v) is 6.55. The highest BCUT2D eigenvalue weighted by Crippen LogP contribution is 2.39. The van der Waals surface area contributed by atoms with Crippen molar-refractivity contribution in [3.05, 3.63) is 133 Å². The normalized spacial score (nSPS) is 12.7. The monoisotopic (exact) mass is 527 g/mol. The Labute approximate surface area is 236 Å². The van der Waals surface area contributed by atoms with E-state index in [0.717, 1.165) is 17.1 Å². The molecule has 0 bridgehead atoms. The van der Waals surface area contributed by atoms with E-state index in [0.29, 0.717) is 6.73 Å². The molecule has 0 radical (unpaired) electrons. The van der Waals surface area contributed by atoms with Crippen molar-refractivity contribution in [2.24, 2.45) is 0 Å². The molecule has 3 heterocycles. The summed E-state index contributed by atoms with van der Waals surface area (Å²) in [6.45, 7) is 0.518. The smallest absolute Gasteiger partial charge is 0.159 e. The van der Waals surface area contributed by atoms with Gasteiger partial charge >= 0.3 is 0 Å². The van der Waals surface area contributed by atoms with E-state index in [1.807, 2.05) is 0 Å². The fourth-order valence-electron chi connectivity index (χ4n) is 6.55. The SMILES string of the molecule is c1ccc(-n2c3ccccc3c3cc(-c4ccc5c(c4)c4ccccc4n5-c4ccc5c(c4)NCO5)ccc32)cc1. The first-order valence-corrected chi connectivity index (χ1v) is 14.0. The summed E-state index contributed by atoms with van der Waals surface area (Å²) in [7, 11) is 0. The maximum absolute atomic E-state index is 5.67. The molecule has 4 heteroatoms. The van der Waals surface area contributed by atoms with Crippen LogP contribution in [0.5, 0.6) is 5.75 Å². The van der Waals surface area contributed by atoms with Gasteiger partial charge in [-0.15, -0.1) is 0 Å². The third kappa shape index (κ3) is 3.28. The number of hydrogen-bond donors (Lipinski definition) is 1. The molecule has 1 N–H and O–H groups in total.